The average molecular weight is 2130 g/mol. The van der Waals surface area contributed by atoms with E-state index in [-0.39, 0.29) is 160 Å². The Labute approximate surface area is 874 Å². The van der Waals surface area contributed by atoms with Crippen LogP contribution in [0.1, 0.15) is 155 Å². The fourth-order valence-electron chi connectivity index (χ4n) is 16.6. The van der Waals surface area contributed by atoms with Gasteiger partial charge in [-0.05, 0) is 129 Å². The van der Waals surface area contributed by atoms with Gasteiger partial charge < -0.3 is 86.3 Å². The van der Waals surface area contributed by atoms with Gasteiger partial charge >= 0.3 is 51.4 Å². The monoisotopic (exact) mass is 2130 g/mol. The van der Waals surface area contributed by atoms with E-state index >= 15 is 0 Å². The Bertz CT molecular complexity index is 6800. The molecule has 16 heterocycles. The van der Waals surface area contributed by atoms with E-state index in [0.29, 0.717) is 147 Å². The second kappa shape index (κ2) is 46.9. The van der Waals surface area contributed by atoms with E-state index in [0.717, 1.165) is 107 Å². The van der Waals surface area contributed by atoms with Gasteiger partial charge in [0.1, 0.15) is 125 Å². The number of nitrogens with two attached hydrogens (primary N) is 1. The summed E-state index contributed by atoms with van der Waals surface area (Å²) in [6.07, 6.45) is 28.5. The Balaban J connectivity index is 0.000000163. The number of nitrogens with zero attached hydrogens (tertiary/aromatic N) is 21. The summed E-state index contributed by atoms with van der Waals surface area (Å²) in [5, 5.41) is 21.5. The molecule has 12 N–H and O–H groups in total. The number of pyridine rings is 3. The van der Waals surface area contributed by atoms with E-state index in [9.17, 15) is 38.4 Å². The van der Waals surface area contributed by atoms with Gasteiger partial charge in [0, 0.05) is 55.9 Å². The van der Waals surface area contributed by atoms with Crippen molar-refractivity contribution in [2.75, 3.05) is 46.8 Å². The molecule has 6 aliphatic rings. The molecule has 13 aromatic rings. The number of ether oxygens (including phenoxy) is 3. The molecule has 19 rings (SSSR count). The number of imidazole rings is 5. The summed E-state index contributed by atoms with van der Waals surface area (Å²) in [6, 6.07) is 7.77. The zero-order valence-corrected chi connectivity index (χ0v) is 90.8. The predicted molar refractivity (Wildman–Crippen MR) is 539 cm³/mol. The first-order chi connectivity index (χ1) is 64.8. The Morgan fingerprint density at radius 2 is 0.748 bits per heavy atom. The summed E-state index contributed by atoms with van der Waals surface area (Å²) in [4.78, 5) is 168. The average Bonchev–Trinajstić information content (AvgIpc) is 1.59. The van der Waals surface area contributed by atoms with Crippen LogP contribution in [0.3, 0.4) is 0 Å². The van der Waals surface area contributed by atoms with Gasteiger partial charge in [0.25, 0.3) is 34.4 Å². The number of anilines is 7. The standard InChI is InChI=1S/C23H30ClN7O3Si.C17H16ClN7O2.C15H25N5O2Si.C12H12BrClN2O2.C11H19N5OSi.C9H11N5O.ClH.K.H2O/c1-35(2,3)10-9-34-14-30-13-27-19-18(30)20(26-12-25-19)28-16-11-15(24)17-21(32)29-23(31(17)22(16)33)7-5-4-6-8-23;18-9-6-10(23-14-11-13(20-7-19-11)21-8-22-14)16(27)25-12(9)15(26)24-17(25)4-2-1-3-5-17;1-11(2)15(21)19-14-12-13(16-8-17-14)18-9-20(12)10-22-6-7-23(3,4)5;13-7-6-8(14)9-10(17)15-12(16(9)11(7)18)4-2-1-3-5-12;1-18(2,3)5-4-17-8-16-7-15-11-9(16)10(12)13-6-14-11;1-5(2)9(15)14-8-6-7(11-3-10-6)12-4-13-8;;;/h11-13H,4-10,14H2,1-3H3,(H,29,32)(H,25,26,28);6-8H,1-5H2,(H,24,26)(H2,19,20,21,22,23);8-9,11H,6-7,10H2,1-5H3,(H,16,17,19,21);6H,1-5H2,(H,15,17);6-7H,4-5,8H2,1-3H3,(H2,12,13,14);3-5H,1-2H3,(H2,10,11,12,13,14,15);1H;;1H2/q;;;;;;;+1;/p-1. The van der Waals surface area contributed by atoms with Crippen LogP contribution < -0.4 is 111 Å². The van der Waals surface area contributed by atoms with Gasteiger partial charge in [-0.2, -0.15) is 0 Å². The minimum absolute atomic E-state index is 0. The van der Waals surface area contributed by atoms with E-state index < -0.39 is 41.2 Å². The third-order valence-corrected chi connectivity index (χ3v) is 30.4. The number of aromatic nitrogens is 23. The van der Waals surface area contributed by atoms with Crippen LogP contribution >= 0.6 is 63.1 Å². The quantitative estimate of drug-likeness (QED) is 0.0210. The van der Waals surface area contributed by atoms with Gasteiger partial charge in [-0.15, -0.1) is 12.4 Å². The molecular weight excluding hydrogens is 2020 g/mol. The molecule has 0 saturated heterocycles. The number of aromatic amines is 2. The predicted octanol–water partition coefficient (Wildman–Crippen LogP) is 11.6. The number of carbonyl (C=O) groups is 5. The number of rotatable bonds is 23. The number of fused-ring (bicyclic) bond motifs is 11. The second-order valence-electron chi connectivity index (χ2n) is 38.4. The SMILES string of the molecule is CC(C)C(=O)Nc1ncnc2nc[nH]c12.CC(C)C(=O)Nc1ncnc2ncn(COCC[Si](C)(C)C)c12.C[Si](C)(C)CCOCn1cnc2ncnc(N)c21.C[Si](C)(C)CCOCn1cnc2ncnc(Nc3cc(Cl)c4n(c3=O)C3(CCCCC3)NC4=O)c21.Cl.O=C1NC2(CCCCC2)n2c1c(Cl)cc(Br)c2=O.O=C1NC2(CCCCC2)n2c1c(Cl)cc(Nc1ncnc3nc[nH]c13)c2=O.[K+].[OH-]. The number of carbonyl (C=O) groups excluding carboxylic acids is 5. The molecule has 0 aromatic carbocycles. The second-order valence-corrected chi connectivity index (χ2v) is 57.3. The van der Waals surface area contributed by atoms with Crippen molar-refractivity contribution in [1.29, 1.82) is 0 Å². The van der Waals surface area contributed by atoms with E-state index in [1.807, 2.05) is 41.4 Å². The van der Waals surface area contributed by atoms with Crippen LogP contribution in [0, 0.1) is 11.8 Å². The van der Waals surface area contributed by atoms with Crippen LogP contribution in [-0.4, -0.2) is 191 Å². The summed E-state index contributed by atoms with van der Waals surface area (Å²) in [5.41, 5.74) is 10.2. The third-order valence-electron chi connectivity index (χ3n) is 23.9. The van der Waals surface area contributed by atoms with Crippen molar-refractivity contribution in [3.8, 4) is 0 Å². The zero-order valence-electron chi connectivity index (χ0n) is 80.0. The van der Waals surface area contributed by atoms with Crippen molar-refractivity contribution < 1.29 is 95.0 Å². The Hall–Kier alpha value is -9.88. The molecule has 3 aliphatic carbocycles. The van der Waals surface area contributed by atoms with Gasteiger partial charge in [-0.3, -0.25) is 52.1 Å². The number of halogens is 5. The third kappa shape index (κ3) is 25.6. The van der Waals surface area contributed by atoms with Crippen LogP contribution in [-0.2, 0) is 61.0 Å². The number of hydrogen-bond acceptors (Lipinski definition) is 30. The van der Waals surface area contributed by atoms with Crippen LogP contribution in [0.2, 0.25) is 92.1 Å². The van der Waals surface area contributed by atoms with Crippen molar-refractivity contribution in [2.24, 2.45) is 11.8 Å². The van der Waals surface area contributed by atoms with E-state index in [1.165, 1.54) is 67.1 Å². The molecule has 0 bridgehead atoms. The number of hydrogen-bond donors (Lipinski definition) is 10. The molecular formula is C87H115BrCl4KN31O12Si3. The molecule has 3 aliphatic heterocycles. The van der Waals surface area contributed by atoms with Crippen LogP contribution in [0.4, 0.5) is 40.5 Å². The molecule has 0 unspecified atom stereocenters. The maximum Gasteiger partial charge on any atom is 1.00 e. The normalized spacial score (nSPS) is 15.2. The Kier molecular flexibility index (Phi) is 36.9. The number of nitrogen functional groups attached to an aromatic ring is 1. The smallest absolute Gasteiger partial charge is 0.870 e. The van der Waals surface area contributed by atoms with Gasteiger partial charge in [0.15, 0.2) is 57.3 Å². The molecule has 139 heavy (non-hydrogen) atoms. The first kappa shape index (κ1) is 110. The molecule has 43 nitrogen and oxygen atoms in total. The number of nitrogens with one attached hydrogen (secondary N) is 9. The summed E-state index contributed by atoms with van der Waals surface area (Å²) in [6.45, 7) is 31.4. The van der Waals surface area contributed by atoms with Gasteiger partial charge in [-0.1, -0.05) is 141 Å². The van der Waals surface area contributed by atoms with Crippen molar-refractivity contribution in [3.05, 3.63) is 149 Å². The van der Waals surface area contributed by atoms with E-state index in [1.54, 1.807) is 28.1 Å². The van der Waals surface area contributed by atoms with Crippen LogP contribution in [0.5, 0.6) is 0 Å². The minimum Gasteiger partial charge on any atom is -0.870 e. The number of amides is 5. The maximum absolute atomic E-state index is 13.7. The van der Waals surface area contributed by atoms with Crippen LogP contribution in [0.25, 0.3) is 55.8 Å². The largest absolute Gasteiger partial charge is 1.00 e. The van der Waals surface area contributed by atoms with E-state index in [4.69, 9.17) is 54.7 Å². The fraction of sp³-hybridized carbons (Fsp3) is 0.483. The van der Waals surface area contributed by atoms with Crippen molar-refractivity contribution in [3.63, 3.8) is 0 Å². The first-order valence-electron chi connectivity index (χ1n) is 45.2. The Morgan fingerprint density at radius 3 is 1.14 bits per heavy atom. The fourth-order valence-corrected chi connectivity index (χ4v) is 20.2. The first-order valence-corrected chi connectivity index (χ1v) is 58.2. The summed E-state index contributed by atoms with van der Waals surface area (Å²) < 4.78 is 27.9. The van der Waals surface area contributed by atoms with Crippen molar-refractivity contribution >= 4 is 213 Å². The molecule has 738 valence electrons. The van der Waals surface area contributed by atoms with Crippen molar-refractivity contribution in [2.45, 2.75) is 238 Å². The molecule has 0 radical (unpaired) electrons. The summed E-state index contributed by atoms with van der Waals surface area (Å²) in [7, 11) is -3.36. The molecule has 5 amide bonds. The van der Waals surface area contributed by atoms with E-state index in [2.05, 4.69) is 197 Å². The zero-order chi connectivity index (χ0) is 97.3. The summed E-state index contributed by atoms with van der Waals surface area (Å²) in [5.74, 6) is 0.992. The van der Waals surface area contributed by atoms with Crippen LogP contribution in [0.15, 0.2) is 100 Å². The molecule has 13 aromatic heterocycles. The molecule has 52 heteroatoms. The van der Waals surface area contributed by atoms with Gasteiger partial charge in [0.2, 0.25) is 11.8 Å². The maximum atomic E-state index is 13.7. The molecule has 0 atom stereocenters. The molecule has 3 spiro atoms. The molecule has 3 saturated carbocycles. The van der Waals surface area contributed by atoms with Gasteiger partial charge in [0.05, 0.1) is 51.2 Å². The van der Waals surface area contributed by atoms with Gasteiger partial charge in [-0.25, -0.2) is 74.8 Å². The minimum atomic E-state index is -1.20. The molecule has 3 fully saturated rings. The summed E-state index contributed by atoms with van der Waals surface area (Å²) >= 11 is 22.2. The Morgan fingerprint density at radius 1 is 0.432 bits per heavy atom. The number of H-pyrrole nitrogens is 2. The van der Waals surface area contributed by atoms with Crippen molar-refractivity contribution in [1.82, 2.24) is 128 Å². The topological polar surface area (TPSA) is 559 Å².